The second kappa shape index (κ2) is 8.11. The standard InChI is InChI=1S/C15H33N/c1-8-12(4)9-10-13(5)15(7)16-14(6)11(2)3/h11-16H,8-10H2,1-7H3. The van der Waals surface area contributed by atoms with E-state index >= 15 is 0 Å². The smallest absolute Gasteiger partial charge is 0.00669 e. The van der Waals surface area contributed by atoms with Gasteiger partial charge in [-0.1, -0.05) is 47.5 Å². The fourth-order valence-electron chi connectivity index (χ4n) is 1.77. The fraction of sp³-hybridized carbons (Fsp3) is 1.00. The average molecular weight is 227 g/mol. The van der Waals surface area contributed by atoms with Gasteiger partial charge in [-0.05, 0) is 38.0 Å². The summed E-state index contributed by atoms with van der Waals surface area (Å²) in [5.74, 6) is 2.40. The highest BCUT2D eigenvalue weighted by Gasteiger charge is 2.16. The first-order valence-electron chi connectivity index (χ1n) is 7.14. The maximum atomic E-state index is 3.72. The Morgan fingerprint density at radius 3 is 1.81 bits per heavy atom. The second-order valence-electron chi connectivity index (χ2n) is 6.06. The predicted molar refractivity (Wildman–Crippen MR) is 74.8 cm³/mol. The molecule has 0 aromatic heterocycles. The lowest BCUT2D eigenvalue weighted by atomic mass is 9.91. The van der Waals surface area contributed by atoms with Crippen molar-refractivity contribution in [2.24, 2.45) is 17.8 Å². The zero-order valence-electron chi connectivity index (χ0n) is 12.5. The summed E-state index contributed by atoms with van der Waals surface area (Å²) in [6.45, 7) is 16.2. The average Bonchev–Trinajstić information content (AvgIpc) is 2.24. The molecular weight excluding hydrogens is 194 g/mol. The van der Waals surface area contributed by atoms with Crippen molar-refractivity contribution in [2.45, 2.75) is 79.8 Å². The minimum Gasteiger partial charge on any atom is -0.311 e. The van der Waals surface area contributed by atoms with Crippen LogP contribution in [0.3, 0.4) is 0 Å². The van der Waals surface area contributed by atoms with Crippen LogP contribution in [0.15, 0.2) is 0 Å². The highest BCUT2D eigenvalue weighted by atomic mass is 14.9. The summed E-state index contributed by atoms with van der Waals surface area (Å²) in [5, 5.41) is 3.72. The van der Waals surface area contributed by atoms with Gasteiger partial charge in [0.05, 0.1) is 0 Å². The summed E-state index contributed by atoms with van der Waals surface area (Å²) in [6.07, 6.45) is 4.05. The number of rotatable bonds is 8. The molecule has 0 fully saturated rings. The van der Waals surface area contributed by atoms with Crippen molar-refractivity contribution in [3.05, 3.63) is 0 Å². The van der Waals surface area contributed by atoms with Crippen LogP contribution in [0.4, 0.5) is 0 Å². The predicted octanol–water partition coefficient (Wildman–Crippen LogP) is 4.47. The molecule has 0 saturated carbocycles. The van der Waals surface area contributed by atoms with Gasteiger partial charge in [0.2, 0.25) is 0 Å². The lowest BCUT2D eigenvalue weighted by Crippen LogP contribution is -2.41. The largest absolute Gasteiger partial charge is 0.311 e. The SMILES string of the molecule is CCC(C)CCC(C)C(C)NC(C)C(C)C. The van der Waals surface area contributed by atoms with Crippen LogP contribution in [-0.4, -0.2) is 12.1 Å². The van der Waals surface area contributed by atoms with Gasteiger partial charge in [-0.3, -0.25) is 0 Å². The Kier molecular flexibility index (Phi) is 8.09. The molecule has 1 nitrogen and oxygen atoms in total. The zero-order chi connectivity index (χ0) is 12.7. The minimum absolute atomic E-state index is 0.626. The van der Waals surface area contributed by atoms with Crippen LogP contribution in [-0.2, 0) is 0 Å². The summed E-state index contributed by atoms with van der Waals surface area (Å²) < 4.78 is 0. The van der Waals surface area contributed by atoms with Crippen molar-refractivity contribution < 1.29 is 0 Å². The van der Waals surface area contributed by atoms with E-state index < -0.39 is 0 Å². The third-order valence-electron chi connectivity index (χ3n) is 4.19. The molecule has 16 heavy (non-hydrogen) atoms. The molecule has 0 aliphatic carbocycles. The highest BCUT2D eigenvalue weighted by Crippen LogP contribution is 2.18. The van der Waals surface area contributed by atoms with E-state index in [1.165, 1.54) is 19.3 Å². The van der Waals surface area contributed by atoms with E-state index in [0.717, 1.165) is 17.8 Å². The Balaban J connectivity index is 3.85. The monoisotopic (exact) mass is 227 g/mol. The Morgan fingerprint density at radius 1 is 0.812 bits per heavy atom. The van der Waals surface area contributed by atoms with E-state index in [1.54, 1.807) is 0 Å². The minimum atomic E-state index is 0.626. The molecule has 0 saturated heterocycles. The number of hydrogen-bond acceptors (Lipinski definition) is 1. The van der Waals surface area contributed by atoms with Crippen LogP contribution in [0.1, 0.15) is 67.7 Å². The maximum Gasteiger partial charge on any atom is 0.00669 e. The van der Waals surface area contributed by atoms with Crippen LogP contribution in [0.2, 0.25) is 0 Å². The normalized spacial score (nSPS) is 19.5. The second-order valence-corrected chi connectivity index (χ2v) is 6.06. The van der Waals surface area contributed by atoms with Crippen molar-refractivity contribution in [3.8, 4) is 0 Å². The van der Waals surface area contributed by atoms with Gasteiger partial charge in [0.25, 0.3) is 0 Å². The van der Waals surface area contributed by atoms with E-state index in [4.69, 9.17) is 0 Å². The molecule has 0 bridgehead atoms. The molecule has 4 unspecified atom stereocenters. The molecular formula is C15H33N. The summed E-state index contributed by atoms with van der Waals surface area (Å²) in [4.78, 5) is 0. The van der Waals surface area contributed by atoms with Gasteiger partial charge < -0.3 is 5.32 Å². The highest BCUT2D eigenvalue weighted by molar-refractivity contribution is 4.74. The van der Waals surface area contributed by atoms with Gasteiger partial charge in [-0.2, -0.15) is 0 Å². The van der Waals surface area contributed by atoms with Crippen molar-refractivity contribution in [2.75, 3.05) is 0 Å². The molecule has 0 heterocycles. The van der Waals surface area contributed by atoms with Gasteiger partial charge in [-0.15, -0.1) is 0 Å². The Hall–Kier alpha value is -0.0400. The molecule has 0 aliphatic heterocycles. The van der Waals surface area contributed by atoms with E-state index in [1.807, 2.05) is 0 Å². The Bertz CT molecular complexity index is 165. The van der Waals surface area contributed by atoms with Gasteiger partial charge in [0.15, 0.2) is 0 Å². The topological polar surface area (TPSA) is 12.0 Å². The molecule has 0 amide bonds. The van der Waals surface area contributed by atoms with Crippen LogP contribution < -0.4 is 5.32 Å². The molecule has 0 rings (SSSR count). The van der Waals surface area contributed by atoms with E-state index in [2.05, 4.69) is 53.8 Å². The van der Waals surface area contributed by atoms with Crippen LogP contribution in [0.5, 0.6) is 0 Å². The third kappa shape index (κ3) is 6.52. The molecule has 1 heteroatoms. The first-order valence-corrected chi connectivity index (χ1v) is 7.14. The molecule has 0 aromatic rings. The summed E-state index contributed by atoms with van der Waals surface area (Å²) in [6, 6.07) is 1.27. The van der Waals surface area contributed by atoms with Gasteiger partial charge in [-0.25, -0.2) is 0 Å². The lowest BCUT2D eigenvalue weighted by Gasteiger charge is -2.28. The quantitative estimate of drug-likeness (QED) is 0.645. The van der Waals surface area contributed by atoms with Crippen LogP contribution >= 0.6 is 0 Å². The summed E-state index contributed by atoms with van der Waals surface area (Å²) in [5.41, 5.74) is 0. The zero-order valence-corrected chi connectivity index (χ0v) is 12.5. The molecule has 4 atom stereocenters. The Labute approximate surface area is 103 Å². The Morgan fingerprint density at radius 2 is 1.38 bits per heavy atom. The molecule has 0 aromatic carbocycles. The third-order valence-corrected chi connectivity index (χ3v) is 4.19. The van der Waals surface area contributed by atoms with Crippen molar-refractivity contribution in [1.82, 2.24) is 5.32 Å². The van der Waals surface area contributed by atoms with Crippen LogP contribution in [0.25, 0.3) is 0 Å². The molecule has 0 spiro atoms. The number of hydrogen-bond donors (Lipinski definition) is 1. The van der Waals surface area contributed by atoms with Crippen molar-refractivity contribution in [1.29, 1.82) is 0 Å². The molecule has 0 radical (unpaired) electrons. The van der Waals surface area contributed by atoms with Gasteiger partial charge in [0.1, 0.15) is 0 Å². The van der Waals surface area contributed by atoms with E-state index in [9.17, 15) is 0 Å². The van der Waals surface area contributed by atoms with Crippen LogP contribution in [0, 0.1) is 17.8 Å². The van der Waals surface area contributed by atoms with Gasteiger partial charge in [0, 0.05) is 12.1 Å². The fourth-order valence-corrected chi connectivity index (χ4v) is 1.77. The summed E-state index contributed by atoms with van der Waals surface area (Å²) >= 11 is 0. The summed E-state index contributed by atoms with van der Waals surface area (Å²) in [7, 11) is 0. The van der Waals surface area contributed by atoms with Crippen molar-refractivity contribution in [3.63, 3.8) is 0 Å². The lowest BCUT2D eigenvalue weighted by molar-refractivity contribution is 0.296. The first-order chi connectivity index (χ1) is 7.38. The molecule has 98 valence electrons. The number of nitrogens with one attached hydrogen (secondary N) is 1. The first kappa shape index (κ1) is 16.0. The van der Waals surface area contributed by atoms with E-state index in [-0.39, 0.29) is 0 Å². The van der Waals surface area contributed by atoms with Crippen molar-refractivity contribution >= 4 is 0 Å². The maximum absolute atomic E-state index is 3.72. The molecule has 0 aliphatic rings. The van der Waals surface area contributed by atoms with Gasteiger partial charge >= 0.3 is 0 Å². The van der Waals surface area contributed by atoms with E-state index in [0.29, 0.717) is 12.1 Å². The molecule has 1 N–H and O–H groups in total.